The van der Waals surface area contributed by atoms with Gasteiger partial charge in [-0.3, -0.25) is 28.8 Å². The van der Waals surface area contributed by atoms with Crippen molar-refractivity contribution in [2.75, 3.05) is 88.6 Å². The molecule has 0 aromatic heterocycles. The van der Waals surface area contributed by atoms with Gasteiger partial charge in [-0.05, 0) is 162 Å². The Kier molecular flexibility index (Phi) is 48.5. The molecule has 0 aliphatic carbocycles. The first-order valence-corrected chi connectivity index (χ1v) is 47.8. The molecule has 4 heterocycles. The molecular formula is C106H159N9O27+2. The van der Waals surface area contributed by atoms with Crippen LogP contribution in [-0.2, 0) is 31.2 Å². The number of nitrogens with zero attached hydrogens (tertiary/aromatic N) is 4. The molecule has 5 amide bonds. The van der Waals surface area contributed by atoms with Gasteiger partial charge in [0, 0.05) is 156 Å². The number of unbranched alkanes of at least 4 members (excludes halogenated alkanes) is 4. The van der Waals surface area contributed by atoms with E-state index in [4.69, 9.17) is 31.3 Å². The molecule has 142 heavy (non-hydrogen) atoms. The fraction of sp³-hybridized carbons (Fsp3) is 0.547. The zero-order valence-electron chi connectivity index (χ0n) is 82.2. The first kappa shape index (κ1) is 122. The number of carbonyl (C=O) groups excluding carboxylic acids is 5. The summed E-state index contributed by atoms with van der Waals surface area (Å²) < 4.78 is 4.37. The number of carbonyl (C=O) groups is 6. The number of carboxylic acids is 1. The first-order valence-electron chi connectivity index (χ1n) is 47.8. The van der Waals surface area contributed by atoms with Crippen LogP contribution in [0.5, 0.6) is 0 Å². The van der Waals surface area contributed by atoms with Gasteiger partial charge >= 0.3 is 5.97 Å². The molecule has 0 saturated carbocycles. The minimum atomic E-state index is -1.83. The number of hydrogen-bond donors (Lipinski definition) is 26. The van der Waals surface area contributed by atoms with Crippen molar-refractivity contribution in [1.29, 1.82) is 0 Å². The van der Waals surface area contributed by atoms with Gasteiger partial charge in [-0.2, -0.15) is 9.15 Å². The minimum Gasteiger partial charge on any atom is -0.481 e. The van der Waals surface area contributed by atoms with Crippen LogP contribution in [0, 0.1) is 11.8 Å². The van der Waals surface area contributed by atoms with Gasteiger partial charge in [0.25, 0.3) is 23.6 Å². The highest BCUT2D eigenvalue weighted by molar-refractivity contribution is 6.06. The Morgan fingerprint density at radius 2 is 0.620 bits per heavy atom. The third-order valence-electron chi connectivity index (χ3n) is 26.1. The lowest BCUT2D eigenvalue weighted by atomic mass is 9.80. The summed E-state index contributed by atoms with van der Waals surface area (Å²) in [5, 5.41) is 216. The van der Waals surface area contributed by atoms with E-state index in [2.05, 4.69) is 122 Å². The lowest BCUT2D eigenvalue weighted by Gasteiger charge is -2.27. The van der Waals surface area contributed by atoms with Gasteiger partial charge in [0.2, 0.25) is 17.3 Å². The van der Waals surface area contributed by atoms with Crippen molar-refractivity contribution in [3.63, 3.8) is 0 Å². The number of aliphatic hydroxyl groups excluding tert-OH is 20. The normalized spacial score (nSPS) is 19.1. The van der Waals surface area contributed by atoms with Crippen LogP contribution in [0.4, 0.5) is 22.7 Å². The van der Waals surface area contributed by atoms with E-state index in [1.54, 1.807) is 36.4 Å². The summed E-state index contributed by atoms with van der Waals surface area (Å²) in [6, 6.07) is 21.4. The molecule has 27 N–H and O–H groups in total. The van der Waals surface area contributed by atoms with E-state index in [0.717, 1.165) is 113 Å². The van der Waals surface area contributed by atoms with Gasteiger partial charge in [-0.15, -0.1) is 0 Å². The van der Waals surface area contributed by atoms with E-state index in [1.165, 1.54) is 0 Å². The second-order valence-corrected chi connectivity index (χ2v) is 39.0. The van der Waals surface area contributed by atoms with Gasteiger partial charge in [0.1, 0.15) is 86.3 Å². The van der Waals surface area contributed by atoms with E-state index in [0.29, 0.717) is 72.9 Å². The Hall–Kier alpha value is -10.2. The maximum atomic E-state index is 13.3. The average molecular weight is 1990 g/mol. The number of nitrogens with one attached hydrogen (secondary N) is 4. The predicted molar refractivity (Wildman–Crippen MR) is 543 cm³/mol. The Morgan fingerprint density at radius 1 is 0.352 bits per heavy atom. The molecule has 16 unspecified atom stereocenters. The van der Waals surface area contributed by atoms with E-state index >= 15 is 0 Å². The SMILES string of the molecule is C.C.CC(C)CCN1C(=CC=CC=CC=CC2=[N+](CCCCCC(=O)O)c3ccc(C(=O)NCC(O)C(O)C(O)C(O)CO)cc3C2(C)C)C(C)(C)c2cc(C(=O)NCC(O)C(O)C(O)C(O)CO)ccc21.CC(C)CCN1C(=CC=CC=CC=CC2=[N+](CCCCCC(N)=O)c3ccc(C(=O)NCC(O)C(O)C(O)C(O)CO)cc3C2(C)C)C(C)(C)c2cc(C(=O)NCC(O)C(O)C(O)C(O)CO)ccc21. The van der Waals surface area contributed by atoms with Gasteiger partial charge in [0.15, 0.2) is 11.4 Å². The average Bonchev–Trinajstić information content (AvgIpc) is 1.61. The van der Waals surface area contributed by atoms with Gasteiger partial charge in [-0.1, -0.05) is 131 Å². The van der Waals surface area contributed by atoms with Crippen LogP contribution in [-0.4, -0.2) is 340 Å². The van der Waals surface area contributed by atoms with Crippen molar-refractivity contribution in [1.82, 2.24) is 21.3 Å². The number of allylic oxidation sites excluding steroid dienone is 16. The number of benzene rings is 4. The number of carboxylic acid groups (broad SMARTS) is 1. The molecule has 0 spiro atoms. The molecule has 0 saturated heterocycles. The fourth-order valence-electron chi connectivity index (χ4n) is 17.4. The zero-order valence-corrected chi connectivity index (χ0v) is 82.2. The number of rotatable bonds is 54. The predicted octanol–water partition coefficient (Wildman–Crippen LogP) is 3.54. The molecule has 4 aromatic rings. The lowest BCUT2D eigenvalue weighted by Crippen LogP contribution is -2.49. The van der Waals surface area contributed by atoms with Gasteiger partial charge in [0.05, 0.1) is 61.7 Å². The Labute approximate surface area is 833 Å². The van der Waals surface area contributed by atoms with Crippen molar-refractivity contribution >= 4 is 69.7 Å². The maximum Gasteiger partial charge on any atom is 0.303 e. The quantitative estimate of drug-likeness (QED) is 0.0171. The summed E-state index contributed by atoms with van der Waals surface area (Å²) in [6.07, 6.45) is 6.16. The van der Waals surface area contributed by atoms with Crippen LogP contribution in [0.2, 0.25) is 0 Å². The number of anilines is 2. The molecule has 16 atom stereocenters. The molecule has 4 aliphatic heterocycles. The molecule has 4 aliphatic rings. The number of hydrogen-bond acceptors (Lipinski definition) is 28. The summed E-state index contributed by atoms with van der Waals surface area (Å²) in [7, 11) is 0. The monoisotopic (exact) mass is 1990 g/mol. The van der Waals surface area contributed by atoms with E-state index < -0.39 is 202 Å². The molecule has 8 rings (SSSR count). The number of primary amides is 1. The third-order valence-corrected chi connectivity index (χ3v) is 26.1. The van der Waals surface area contributed by atoms with Crippen LogP contribution in [0.1, 0.15) is 226 Å². The van der Waals surface area contributed by atoms with E-state index in [1.807, 2.05) is 123 Å². The second kappa shape index (κ2) is 56.3. The summed E-state index contributed by atoms with van der Waals surface area (Å²) in [5.41, 5.74) is 15.7. The molecule has 36 heteroatoms. The van der Waals surface area contributed by atoms with Crippen LogP contribution in [0.25, 0.3) is 0 Å². The summed E-state index contributed by atoms with van der Waals surface area (Å²) in [6.45, 7) is 22.9. The Morgan fingerprint density at radius 3 is 0.901 bits per heavy atom. The van der Waals surface area contributed by atoms with Crippen LogP contribution >= 0.6 is 0 Å². The van der Waals surface area contributed by atoms with Crippen molar-refractivity contribution in [2.45, 2.75) is 281 Å². The fourth-order valence-corrected chi connectivity index (χ4v) is 17.4. The van der Waals surface area contributed by atoms with Crippen LogP contribution < -0.4 is 36.8 Å². The van der Waals surface area contributed by atoms with Crippen molar-refractivity contribution in [2.24, 2.45) is 17.6 Å². The Bertz CT molecular complexity index is 4850. The van der Waals surface area contributed by atoms with Crippen LogP contribution in [0.15, 0.2) is 169 Å². The van der Waals surface area contributed by atoms with Crippen molar-refractivity contribution in [3.05, 3.63) is 214 Å². The number of aliphatic hydroxyl groups is 20. The summed E-state index contributed by atoms with van der Waals surface area (Å²) in [5.74, 6) is -2.41. The van der Waals surface area contributed by atoms with E-state index in [-0.39, 0.29) is 27.2 Å². The summed E-state index contributed by atoms with van der Waals surface area (Å²) >= 11 is 0. The molecule has 36 nitrogen and oxygen atoms in total. The lowest BCUT2D eigenvalue weighted by molar-refractivity contribution is -0.438. The molecule has 4 aromatic carbocycles. The maximum absolute atomic E-state index is 13.3. The molecule has 0 radical (unpaired) electrons. The second-order valence-electron chi connectivity index (χ2n) is 39.0. The number of aliphatic carboxylic acids is 1. The topological polar surface area (TPSA) is 614 Å². The third kappa shape index (κ3) is 31.9. The highest BCUT2D eigenvalue weighted by Crippen LogP contribution is 2.51. The molecule has 788 valence electrons. The highest BCUT2D eigenvalue weighted by atomic mass is 16.4. The van der Waals surface area contributed by atoms with Crippen LogP contribution in [0.3, 0.4) is 0 Å². The largest absolute Gasteiger partial charge is 0.481 e. The molecule has 0 bridgehead atoms. The minimum absolute atomic E-state index is 0. The Balaban J connectivity index is 0.000000493. The number of fused-ring (bicyclic) bond motifs is 4. The molecule has 0 fully saturated rings. The van der Waals surface area contributed by atoms with Gasteiger partial charge in [-0.25, -0.2) is 0 Å². The number of nitrogens with two attached hydrogens (primary N) is 1. The zero-order chi connectivity index (χ0) is 104. The summed E-state index contributed by atoms with van der Waals surface area (Å²) in [4.78, 5) is 80.2. The van der Waals surface area contributed by atoms with Crippen molar-refractivity contribution < 1.29 is 145 Å². The van der Waals surface area contributed by atoms with Gasteiger partial charge < -0.3 is 144 Å². The standard InChI is InChI=1S/C52H75N5O13.C52H74N4O14.2CH4/c1-31(2)22-24-57-37-21-19-33(50(70)55-28-39(61)46(66)48(68)41(63)30-59)26-35(37)52(5,6)43(57)16-12-9-7-8-11-15-42-51(3,4)34-25-32(18-20-36(34)56(42)23-14-10-13-17-44(53)64)49(69)54-27-38(60)45(65)47(67)40(62)29-58;1-31(2)22-24-56-37-21-19-33(50(70)54-28-39(60)46(66)48(68)41(62)30-58)26-35(37)52(5,6)43(56)16-12-9-7-8-11-15-42-51(3,4)34-25-32(18-20-36(34)55(42)23-14-10-13-17-44(63)64)49(69)53-27-38(59)45(65)47(67)40(61)29-57;;/h7-9,11-12,15-16,18-21,25-26,31,38-41,45-48,58-63,65-68H,10,13-14,17,22-24,27-30H2,1-6H3,(H3-,53,54,55,64,69,70);7-9,11-12,15-16,18-21,25-26,31,38-41,45-48,57-62,65-68H,10,13-14,17,22-24,27-30H2,1-6H3,(H2-,53,54,63,64,69,70);2*1H4/p+2. The van der Waals surface area contributed by atoms with Crippen molar-refractivity contribution in [3.8, 4) is 0 Å². The highest BCUT2D eigenvalue weighted by Gasteiger charge is 2.48. The van der Waals surface area contributed by atoms with E-state index in [9.17, 15) is 110 Å². The smallest absolute Gasteiger partial charge is 0.303 e. The molecular weight excluding hydrogens is 1830 g/mol. The first-order chi connectivity index (χ1) is 66.0. The number of amides is 5.